The highest BCUT2D eigenvalue weighted by Crippen LogP contribution is 2.28. The normalized spacial score (nSPS) is 11.7. The fraction of sp³-hybridized carbons (Fsp3) is 0.160. The van der Waals surface area contributed by atoms with Crippen LogP contribution in [-0.4, -0.2) is 25.4 Å². The molecule has 0 saturated carbocycles. The number of carbonyl (C=O) groups is 1. The molecule has 170 valence electrons. The SMILES string of the molecule is Cc1cc([C@@H](C)Nc2ccccc2C(=O)O)c2nc(-c3cnc(C#N)c(Cl)c3)c(C)c(=O)n2c1. The van der Waals surface area contributed by atoms with Crippen LogP contribution in [0.3, 0.4) is 0 Å². The molecular formula is C25H20ClN5O3. The number of hydrogen-bond donors (Lipinski definition) is 2. The highest BCUT2D eigenvalue weighted by molar-refractivity contribution is 6.31. The van der Waals surface area contributed by atoms with Crippen LogP contribution in [0.1, 0.15) is 45.7 Å². The van der Waals surface area contributed by atoms with Gasteiger partial charge in [0.2, 0.25) is 0 Å². The third kappa shape index (κ3) is 4.09. The largest absolute Gasteiger partial charge is 0.478 e. The molecule has 0 saturated heterocycles. The minimum absolute atomic E-state index is 0.0896. The topological polar surface area (TPSA) is 120 Å². The molecule has 8 nitrogen and oxygen atoms in total. The number of benzene rings is 1. The number of carboxylic acids is 1. The molecule has 3 aromatic heterocycles. The van der Waals surface area contributed by atoms with Crippen molar-refractivity contribution in [3.05, 3.63) is 92.1 Å². The van der Waals surface area contributed by atoms with Gasteiger partial charge in [0, 0.05) is 34.8 Å². The molecule has 3 heterocycles. The van der Waals surface area contributed by atoms with Crippen molar-refractivity contribution in [1.29, 1.82) is 5.26 Å². The number of carboxylic acid groups (broad SMARTS) is 1. The van der Waals surface area contributed by atoms with Gasteiger partial charge in [0.25, 0.3) is 5.56 Å². The Morgan fingerprint density at radius 1 is 1.26 bits per heavy atom. The molecule has 0 bridgehead atoms. The van der Waals surface area contributed by atoms with Gasteiger partial charge in [0.05, 0.1) is 22.3 Å². The number of halogens is 1. The zero-order valence-electron chi connectivity index (χ0n) is 18.6. The van der Waals surface area contributed by atoms with Gasteiger partial charge in [0.1, 0.15) is 11.7 Å². The van der Waals surface area contributed by atoms with Crippen LogP contribution in [0, 0.1) is 25.2 Å². The number of aromatic nitrogens is 3. The molecule has 4 aromatic rings. The number of nitrogens with one attached hydrogen (secondary N) is 1. The molecule has 1 aromatic carbocycles. The van der Waals surface area contributed by atoms with Gasteiger partial charge in [-0.1, -0.05) is 23.7 Å². The first kappa shape index (κ1) is 23.0. The molecule has 1 atom stereocenters. The lowest BCUT2D eigenvalue weighted by Crippen LogP contribution is -2.22. The molecule has 0 aliphatic heterocycles. The third-order valence-corrected chi connectivity index (χ3v) is 5.82. The van der Waals surface area contributed by atoms with Crippen molar-refractivity contribution in [2.75, 3.05) is 5.32 Å². The molecule has 0 radical (unpaired) electrons. The van der Waals surface area contributed by atoms with Gasteiger partial charge in [-0.3, -0.25) is 9.20 Å². The first-order valence-corrected chi connectivity index (χ1v) is 10.8. The summed E-state index contributed by atoms with van der Waals surface area (Å²) >= 11 is 6.17. The number of pyridine rings is 2. The Morgan fingerprint density at radius 2 is 2.00 bits per heavy atom. The molecule has 4 rings (SSSR count). The minimum Gasteiger partial charge on any atom is -0.478 e. The number of fused-ring (bicyclic) bond motifs is 1. The van der Waals surface area contributed by atoms with Crippen molar-refractivity contribution in [1.82, 2.24) is 14.4 Å². The average Bonchev–Trinajstić information content (AvgIpc) is 2.81. The number of nitrogens with zero attached hydrogens (tertiary/aromatic N) is 4. The van der Waals surface area contributed by atoms with Crippen LogP contribution in [0.5, 0.6) is 0 Å². The number of para-hydroxylation sites is 1. The summed E-state index contributed by atoms with van der Waals surface area (Å²) in [4.78, 5) is 33.8. The van der Waals surface area contributed by atoms with Gasteiger partial charge < -0.3 is 10.4 Å². The third-order valence-electron chi connectivity index (χ3n) is 5.53. The van der Waals surface area contributed by atoms with Gasteiger partial charge in [-0.25, -0.2) is 14.8 Å². The molecule has 0 spiro atoms. The minimum atomic E-state index is -1.04. The predicted octanol–water partition coefficient (Wildman–Crippen LogP) is 4.77. The number of nitriles is 1. The van der Waals surface area contributed by atoms with Crippen molar-refractivity contribution in [2.24, 2.45) is 0 Å². The molecule has 0 unspecified atom stereocenters. The zero-order chi connectivity index (χ0) is 24.6. The van der Waals surface area contributed by atoms with Crippen molar-refractivity contribution in [3.63, 3.8) is 0 Å². The Labute approximate surface area is 200 Å². The van der Waals surface area contributed by atoms with E-state index in [9.17, 15) is 14.7 Å². The summed E-state index contributed by atoms with van der Waals surface area (Å²) in [6.45, 7) is 5.43. The lowest BCUT2D eigenvalue weighted by atomic mass is 10.0. The highest BCUT2D eigenvalue weighted by atomic mass is 35.5. The maximum Gasteiger partial charge on any atom is 0.337 e. The van der Waals surface area contributed by atoms with E-state index in [1.165, 1.54) is 16.7 Å². The van der Waals surface area contributed by atoms with E-state index in [4.69, 9.17) is 21.8 Å². The monoisotopic (exact) mass is 473 g/mol. The van der Waals surface area contributed by atoms with Gasteiger partial charge in [-0.15, -0.1) is 0 Å². The van der Waals surface area contributed by atoms with Gasteiger partial charge in [-0.05, 0) is 50.6 Å². The Balaban J connectivity index is 1.90. The molecule has 0 amide bonds. The maximum absolute atomic E-state index is 13.3. The van der Waals surface area contributed by atoms with E-state index in [-0.39, 0.29) is 27.9 Å². The molecule has 0 aliphatic rings. The second-order valence-electron chi connectivity index (χ2n) is 7.94. The zero-order valence-corrected chi connectivity index (χ0v) is 19.4. The second-order valence-corrected chi connectivity index (χ2v) is 8.35. The van der Waals surface area contributed by atoms with Gasteiger partial charge >= 0.3 is 5.97 Å². The maximum atomic E-state index is 13.3. The van der Waals surface area contributed by atoms with Crippen molar-refractivity contribution in [3.8, 4) is 17.3 Å². The fourth-order valence-corrected chi connectivity index (χ4v) is 4.06. The van der Waals surface area contributed by atoms with Crippen LogP contribution in [0.25, 0.3) is 16.9 Å². The summed E-state index contributed by atoms with van der Waals surface area (Å²) in [6.07, 6.45) is 3.18. The predicted molar refractivity (Wildman–Crippen MR) is 129 cm³/mol. The summed E-state index contributed by atoms with van der Waals surface area (Å²) in [7, 11) is 0. The van der Waals surface area contributed by atoms with Crippen LogP contribution in [0.2, 0.25) is 5.02 Å². The lowest BCUT2D eigenvalue weighted by Gasteiger charge is -2.20. The van der Waals surface area contributed by atoms with E-state index in [0.717, 1.165) is 5.56 Å². The number of aromatic carboxylic acids is 1. The molecule has 0 fully saturated rings. The van der Waals surface area contributed by atoms with E-state index in [0.29, 0.717) is 33.7 Å². The molecule has 9 heteroatoms. The molecule has 2 N–H and O–H groups in total. The van der Waals surface area contributed by atoms with Crippen LogP contribution < -0.4 is 10.9 Å². The first-order valence-electron chi connectivity index (χ1n) is 10.4. The Bertz CT molecular complexity index is 1560. The van der Waals surface area contributed by atoms with Crippen molar-refractivity contribution >= 4 is 28.9 Å². The summed E-state index contributed by atoms with van der Waals surface area (Å²) in [5.74, 6) is -1.04. The van der Waals surface area contributed by atoms with E-state index in [2.05, 4.69) is 10.3 Å². The summed E-state index contributed by atoms with van der Waals surface area (Å²) in [5, 5.41) is 22.0. The Morgan fingerprint density at radius 3 is 2.68 bits per heavy atom. The van der Waals surface area contributed by atoms with Crippen LogP contribution in [-0.2, 0) is 0 Å². The van der Waals surface area contributed by atoms with E-state index < -0.39 is 5.97 Å². The smallest absolute Gasteiger partial charge is 0.337 e. The number of aryl methyl sites for hydroxylation is 1. The Hall–Kier alpha value is -4.22. The van der Waals surface area contributed by atoms with Gasteiger partial charge in [0.15, 0.2) is 5.69 Å². The lowest BCUT2D eigenvalue weighted by molar-refractivity contribution is 0.0698. The summed E-state index contributed by atoms with van der Waals surface area (Å²) in [6, 6.07) is 11.6. The summed E-state index contributed by atoms with van der Waals surface area (Å²) in [5.41, 5.74) is 3.77. The van der Waals surface area contributed by atoms with E-state index in [1.807, 2.05) is 26.0 Å². The molecule has 34 heavy (non-hydrogen) atoms. The second kappa shape index (κ2) is 8.96. The van der Waals surface area contributed by atoms with Crippen LogP contribution in [0.15, 0.2) is 53.6 Å². The van der Waals surface area contributed by atoms with Crippen molar-refractivity contribution < 1.29 is 9.90 Å². The quantitative estimate of drug-likeness (QED) is 0.428. The fourth-order valence-electron chi connectivity index (χ4n) is 3.85. The van der Waals surface area contributed by atoms with Gasteiger partial charge in [-0.2, -0.15) is 5.26 Å². The van der Waals surface area contributed by atoms with Crippen molar-refractivity contribution in [2.45, 2.75) is 26.8 Å². The Kier molecular flexibility index (Phi) is 6.05. The van der Waals surface area contributed by atoms with E-state index in [1.54, 1.807) is 37.4 Å². The molecular weight excluding hydrogens is 454 g/mol. The number of hydrogen-bond acceptors (Lipinski definition) is 6. The standard InChI is InChI=1S/C25H20ClN5O3/c1-13-8-18(15(3)29-20-7-5-4-6-17(20)25(33)34)23-30-22(14(2)24(32)31(23)12-13)16-9-19(26)21(10-27)28-11-16/h4-9,11-12,15,29H,1-3H3,(H,33,34)/t15-/m1/s1. The first-order chi connectivity index (χ1) is 16.2. The van der Waals surface area contributed by atoms with E-state index >= 15 is 0 Å². The van der Waals surface area contributed by atoms with Crippen LogP contribution in [0.4, 0.5) is 5.69 Å². The summed E-state index contributed by atoms with van der Waals surface area (Å²) < 4.78 is 1.49. The number of rotatable bonds is 5. The number of anilines is 1. The molecule has 0 aliphatic carbocycles. The highest BCUT2D eigenvalue weighted by Gasteiger charge is 2.19. The average molecular weight is 474 g/mol. The van der Waals surface area contributed by atoms with Crippen LogP contribution >= 0.6 is 11.6 Å².